The summed E-state index contributed by atoms with van der Waals surface area (Å²) in [7, 11) is 0. The zero-order valence-electron chi connectivity index (χ0n) is 20.9. The fourth-order valence-electron chi connectivity index (χ4n) is 4.85. The molecule has 0 spiro atoms. The summed E-state index contributed by atoms with van der Waals surface area (Å²) in [5.41, 5.74) is 2.05. The van der Waals surface area contributed by atoms with Gasteiger partial charge in [-0.05, 0) is 36.5 Å². The first-order valence-corrected chi connectivity index (χ1v) is 12.7. The highest BCUT2D eigenvalue weighted by Gasteiger charge is 2.32. The molecular weight excluding hydrogens is 430 g/mol. The zero-order valence-corrected chi connectivity index (χ0v) is 20.9. The molecule has 34 heavy (non-hydrogen) atoms. The number of carbonyl (C=O) groups is 3. The van der Waals surface area contributed by atoms with Gasteiger partial charge in [0.25, 0.3) is 5.91 Å². The van der Waals surface area contributed by atoms with Gasteiger partial charge in [0.2, 0.25) is 11.8 Å². The smallest absolute Gasteiger partial charge is 0.254 e. The molecule has 0 atom stereocenters. The number of hydrogen-bond donors (Lipinski definition) is 2. The number of carbonyl (C=O) groups excluding carboxylic acids is 3. The molecule has 8 nitrogen and oxygen atoms in total. The van der Waals surface area contributed by atoms with E-state index in [-0.39, 0.29) is 23.1 Å². The molecule has 8 heteroatoms. The number of amides is 3. The fourth-order valence-corrected chi connectivity index (χ4v) is 4.85. The predicted molar refractivity (Wildman–Crippen MR) is 134 cm³/mol. The molecule has 186 valence electrons. The molecule has 2 aliphatic heterocycles. The summed E-state index contributed by atoms with van der Waals surface area (Å²) in [4.78, 5) is 44.6. The highest BCUT2D eigenvalue weighted by molar-refractivity contribution is 6.00. The Balaban J connectivity index is 1.51. The van der Waals surface area contributed by atoms with Crippen molar-refractivity contribution in [1.29, 1.82) is 0 Å². The second-order valence-electron chi connectivity index (χ2n) is 11.0. The van der Waals surface area contributed by atoms with Crippen LogP contribution in [-0.4, -0.2) is 79.9 Å². The van der Waals surface area contributed by atoms with Gasteiger partial charge in [-0.15, -0.1) is 0 Å². The standard InChI is InChI=1S/C26H39N5O3/c1-26(2,3)18-23(32)28-21-17-20(25(34)30-11-9-27-10-12-30)7-8-22(21)29-13-15-31(16-14-29)24(33)19-5-4-6-19/h7-8,17,19,27H,4-6,9-16,18H2,1-3H3,(H,28,32). The monoisotopic (exact) mass is 469 g/mol. The van der Waals surface area contributed by atoms with Crippen molar-refractivity contribution in [3.8, 4) is 0 Å². The Kier molecular flexibility index (Phi) is 7.45. The number of nitrogens with one attached hydrogen (secondary N) is 2. The third kappa shape index (κ3) is 5.90. The van der Waals surface area contributed by atoms with Gasteiger partial charge in [-0.2, -0.15) is 0 Å². The first-order valence-electron chi connectivity index (χ1n) is 12.7. The van der Waals surface area contributed by atoms with E-state index in [9.17, 15) is 14.4 Å². The lowest BCUT2D eigenvalue weighted by Crippen LogP contribution is -2.51. The lowest BCUT2D eigenvalue weighted by molar-refractivity contribution is -0.138. The summed E-state index contributed by atoms with van der Waals surface area (Å²) < 4.78 is 0. The molecule has 0 radical (unpaired) electrons. The van der Waals surface area contributed by atoms with Gasteiger partial charge >= 0.3 is 0 Å². The first-order chi connectivity index (χ1) is 16.2. The van der Waals surface area contributed by atoms with E-state index in [0.29, 0.717) is 62.8 Å². The van der Waals surface area contributed by atoms with Crippen LogP contribution in [0.25, 0.3) is 0 Å². The highest BCUT2D eigenvalue weighted by Crippen LogP contribution is 2.32. The van der Waals surface area contributed by atoms with E-state index in [1.807, 2.05) is 48.8 Å². The van der Waals surface area contributed by atoms with Gasteiger partial charge < -0.3 is 25.3 Å². The molecule has 2 N–H and O–H groups in total. The minimum Gasteiger partial charge on any atom is -0.366 e. The average Bonchev–Trinajstić information content (AvgIpc) is 2.77. The highest BCUT2D eigenvalue weighted by atomic mass is 16.2. The topological polar surface area (TPSA) is 85.0 Å². The van der Waals surface area contributed by atoms with Crippen LogP contribution in [0.3, 0.4) is 0 Å². The van der Waals surface area contributed by atoms with E-state index in [0.717, 1.165) is 38.0 Å². The molecule has 1 aliphatic carbocycles. The largest absolute Gasteiger partial charge is 0.366 e. The minimum atomic E-state index is -0.133. The van der Waals surface area contributed by atoms with Crippen molar-refractivity contribution in [1.82, 2.24) is 15.1 Å². The number of hydrogen-bond acceptors (Lipinski definition) is 5. The Bertz CT molecular complexity index is 908. The van der Waals surface area contributed by atoms with E-state index in [4.69, 9.17) is 0 Å². The fraction of sp³-hybridized carbons (Fsp3) is 0.654. The van der Waals surface area contributed by atoms with E-state index in [2.05, 4.69) is 15.5 Å². The van der Waals surface area contributed by atoms with E-state index >= 15 is 0 Å². The molecule has 1 aromatic rings. The van der Waals surface area contributed by atoms with Crippen molar-refractivity contribution in [2.45, 2.75) is 46.5 Å². The van der Waals surface area contributed by atoms with Gasteiger partial charge in [0.05, 0.1) is 11.4 Å². The molecule has 3 fully saturated rings. The van der Waals surface area contributed by atoms with Crippen LogP contribution in [0.15, 0.2) is 18.2 Å². The van der Waals surface area contributed by atoms with Crippen LogP contribution in [0.5, 0.6) is 0 Å². The minimum absolute atomic E-state index is 0.00437. The van der Waals surface area contributed by atoms with Crippen molar-refractivity contribution in [3.63, 3.8) is 0 Å². The second-order valence-corrected chi connectivity index (χ2v) is 11.0. The summed E-state index contributed by atoms with van der Waals surface area (Å²) in [5.74, 6) is 0.449. The van der Waals surface area contributed by atoms with E-state index in [1.165, 1.54) is 0 Å². The number of piperazine rings is 2. The summed E-state index contributed by atoms with van der Waals surface area (Å²) in [6.07, 6.45) is 3.59. The maximum Gasteiger partial charge on any atom is 0.254 e. The molecule has 0 unspecified atom stereocenters. The maximum absolute atomic E-state index is 13.1. The predicted octanol–water partition coefficient (Wildman–Crippen LogP) is 2.56. The molecule has 3 amide bonds. The molecule has 1 aromatic carbocycles. The van der Waals surface area contributed by atoms with Crippen LogP contribution in [0.2, 0.25) is 0 Å². The Morgan fingerprint density at radius 3 is 2.24 bits per heavy atom. The molecular formula is C26H39N5O3. The van der Waals surface area contributed by atoms with Crippen LogP contribution >= 0.6 is 0 Å². The number of nitrogens with zero attached hydrogens (tertiary/aromatic N) is 3. The Labute approximate surface area is 203 Å². The quantitative estimate of drug-likeness (QED) is 0.692. The molecule has 2 saturated heterocycles. The SMILES string of the molecule is CC(C)(C)CC(=O)Nc1cc(C(=O)N2CCNCC2)ccc1N1CCN(C(=O)C2CCC2)CC1. The molecule has 0 bridgehead atoms. The number of anilines is 2. The van der Waals surface area contributed by atoms with E-state index in [1.54, 1.807) is 0 Å². The normalized spacial score (nSPS) is 19.6. The van der Waals surface area contributed by atoms with Crippen LogP contribution in [0.4, 0.5) is 11.4 Å². The van der Waals surface area contributed by atoms with Gasteiger partial charge in [0.1, 0.15) is 0 Å². The lowest BCUT2D eigenvalue weighted by Gasteiger charge is -2.39. The zero-order chi connectivity index (χ0) is 24.3. The Hall–Kier alpha value is -2.61. The van der Waals surface area contributed by atoms with Gasteiger partial charge in [-0.1, -0.05) is 27.2 Å². The van der Waals surface area contributed by atoms with Crippen LogP contribution in [0.1, 0.15) is 56.8 Å². The second kappa shape index (κ2) is 10.3. The third-order valence-electron chi connectivity index (χ3n) is 7.00. The Morgan fingerprint density at radius 2 is 1.65 bits per heavy atom. The number of rotatable bonds is 5. The van der Waals surface area contributed by atoms with Crippen molar-refractivity contribution >= 4 is 29.1 Å². The molecule has 2 heterocycles. The molecule has 4 rings (SSSR count). The van der Waals surface area contributed by atoms with Crippen LogP contribution < -0.4 is 15.5 Å². The van der Waals surface area contributed by atoms with Crippen molar-refractivity contribution < 1.29 is 14.4 Å². The summed E-state index contributed by atoms with van der Waals surface area (Å²) in [6, 6.07) is 5.64. The lowest BCUT2D eigenvalue weighted by atomic mass is 9.84. The summed E-state index contributed by atoms with van der Waals surface area (Å²) >= 11 is 0. The van der Waals surface area contributed by atoms with E-state index < -0.39 is 0 Å². The first kappa shape index (κ1) is 24.5. The van der Waals surface area contributed by atoms with Crippen LogP contribution in [0, 0.1) is 11.3 Å². The summed E-state index contributed by atoms with van der Waals surface area (Å²) in [6.45, 7) is 11.9. The summed E-state index contributed by atoms with van der Waals surface area (Å²) in [5, 5.41) is 6.36. The van der Waals surface area contributed by atoms with Gasteiger partial charge in [-0.3, -0.25) is 14.4 Å². The molecule has 3 aliphatic rings. The third-order valence-corrected chi connectivity index (χ3v) is 7.00. The average molecular weight is 470 g/mol. The molecule has 0 aromatic heterocycles. The molecule has 1 saturated carbocycles. The van der Waals surface area contributed by atoms with Crippen molar-refractivity contribution in [2.75, 3.05) is 62.6 Å². The van der Waals surface area contributed by atoms with Crippen molar-refractivity contribution in [2.24, 2.45) is 11.3 Å². The Morgan fingerprint density at radius 1 is 0.971 bits per heavy atom. The van der Waals surface area contributed by atoms with Gasteiger partial charge in [0, 0.05) is 70.3 Å². The van der Waals surface area contributed by atoms with Gasteiger partial charge in [0.15, 0.2) is 0 Å². The maximum atomic E-state index is 13.1. The number of benzene rings is 1. The van der Waals surface area contributed by atoms with Crippen molar-refractivity contribution in [3.05, 3.63) is 23.8 Å². The van der Waals surface area contributed by atoms with Gasteiger partial charge in [-0.25, -0.2) is 0 Å². The van der Waals surface area contributed by atoms with Crippen LogP contribution in [-0.2, 0) is 9.59 Å².